The highest BCUT2D eigenvalue weighted by Gasteiger charge is 2.44. The molecule has 7 N–H and O–H groups in total. The van der Waals surface area contributed by atoms with Crippen LogP contribution in [0.3, 0.4) is 0 Å². The standard InChI is InChI=1S/C72H114N10O15/c1-21-45(8)67(82(95-20)40-56(85)81-37-27-31-53(81)62(94-19)46(9)63(87)74-48(11)61(86)50-28-23-22-24-29-50)80(18)68(91)59(43(4)5)77-66(90)60(44(6)7)79(17)70(93)96-41-49-32-34-51(35-33-49)75-64(88)52(76-65(89)58(42(2)3)78-69(92)97-71(12,13)14)30-25-26-36-73-47(10)57-54(83)38-72(15,16)39-55(57)84/h22-24,28-29,32-35,42-46,48,52-53,58-62,67,73,86H,21,25-27,30-31,36-41H2,1-20H3,(H,74,87)(H,75,88)(H,76,89)(H,77,90)(H,78,92)/t45-,46+,48+,52-,53-,58-,59-,60-,61+,62+,67+/m1/s1. The molecule has 0 unspecified atom stereocenters. The maximum Gasteiger partial charge on any atom is 0.410 e. The molecule has 1 saturated carbocycles. The molecule has 0 aromatic heterocycles. The quantitative estimate of drug-likeness (QED) is 0.0115. The van der Waals surface area contributed by atoms with Crippen LogP contribution in [0.4, 0.5) is 15.3 Å². The Morgan fingerprint density at radius 1 is 0.742 bits per heavy atom. The molecule has 0 bridgehead atoms. The summed E-state index contributed by atoms with van der Waals surface area (Å²) in [6, 6.07) is 10.2. The van der Waals surface area contributed by atoms with Crippen molar-refractivity contribution in [3.05, 3.63) is 77.0 Å². The second-order valence-corrected chi connectivity index (χ2v) is 28.9. The number of rotatable bonds is 34. The van der Waals surface area contributed by atoms with E-state index in [1.54, 1.807) is 131 Å². The van der Waals surface area contributed by atoms with Crippen LogP contribution in [0.15, 0.2) is 65.9 Å². The fraction of sp³-hybridized carbons (Fsp3) is 0.667. The number of methoxy groups -OCH3 is 1. The van der Waals surface area contributed by atoms with Gasteiger partial charge in [0.15, 0.2) is 11.6 Å². The number of hydrogen-bond acceptors (Lipinski definition) is 17. The molecule has 2 fully saturated rings. The van der Waals surface area contributed by atoms with Gasteiger partial charge in [-0.05, 0) is 119 Å². The highest BCUT2D eigenvalue weighted by molar-refractivity contribution is 6.22. The molecule has 1 aliphatic carbocycles. The lowest BCUT2D eigenvalue weighted by Crippen LogP contribution is -2.61. The predicted molar refractivity (Wildman–Crippen MR) is 369 cm³/mol. The Kier molecular flexibility index (Phi) is 31.7. The van der Waals surface area contributed by atoms with Crippen molar-refractivity contribution >= 4 is 64.9 Å². The summed E-state index contributed by atoms with van der Waals surface area (Å²) in [5, 5.41) is 29.8. The number of ketones is 2. The van der Waals surface area contributed by atoms with Crippen LogP contribution in [-0.2, 0) is 64.0 Å². The number of aliphatic hydroxyl groups excluding tert-OH is 1. The summed E-state index contributed by atoms with van der Waals surface area (Å²) < 4.78 is 17.1. The van der Waals surface area contributed by atoms with Gasteiger partial charge in [-0.3, -0.25) is 48.1 Å². The summed E-state index contributed by atoms with van der Waals surface area (Å²) in [4.78, 5) is 148. The fourth-order valence-corrected chi connectivity index (χ4v) is 12.5. The zero-order chi connectivity index (χ0) is 73.0. The number of hydroxylamine groups is 2. The molecule has 1 heterocycles. The Morgan fingerprint density at radius 3 is 1.90 bits per heavy atom. The molecular formula is C72H114N10O15. The van der Waals surface area contributed by atoms with Crippen molar-refractivity contribution in [3.63, 3.8) is 0 Å². The third-order valence-electron chi connectivity index (χ3n) is 18.1. The first-order chi connectivity index (χ1) is 45.4. The van der Waals surface area contributed by atoms with Crippen LogP contribution in [0.5, 0.6) is 0 Å². The van der Waals surface area contributed by atoms with E-state index >= 15 is 0 Å². The number of allylic oxidation sites excluding steroid dienone is 2. The van der Waals surface area contributed by atoms with Gasteiger partial charge in [0.05, 0.1) is 42.9 Å². The van der Waals surface area contributed by atoms with E-state index in [0.29, 0.717) is 67.7 Å². The number of benzene rings is 2. The minimum Gasteiger partial charge on any atom is -0.445 e. The number of carbonyl (C=O) groups is 10. The van der Waals surface area contributed by atoms with Gasteiger partial charge in [-0.1, -0.05) is 125 Å². The number of Topliss-reactive ketones (excluding diaryl/α,β-unsaturated/α-hetero) is 2. The Balaban J connectivity index is 1.42. The average molecular weight is 1360 g/mol. The Morgan fingerprint density at radius 2 is 1.35 bits per heavy atom. The van der Waals surface area contributed by atoms with Gasteiger partial charge in [-0.15, -0.1) is 0 Å². The molecule has 97 heavy (non-hydrogen) atoms. The lowest BCUT2D eigenvalue weighted by atomic mass is 9.73. The number of nitrogens with zero attached hydrogens (tertiary/aromatic N) is 4. The number of anilines is 1. The number of carbonyl (C=O) groups excluding carboxylic acids is 10. The Hall–Kier alpha value is -7.48. The number of ether oxygens (including phenoxy) is 3. The summed E-state index contributed by atoms with van der Waals surface area (Å²) in [6.07, 6.45) is -0.540. The van der Waals surface area contributed by atoms with E-state index in [1.165, 1.54) is 36.1 Å². The number of amides is 8. The van der Waals surface area contributed by atoms with E-state index in [9.17, 15) is 53.1 Å². The van der Waals surface area contributed by atoms with E-state index in [-0.39, 0.29) is 73.2 Å². The van der Waals surface area contributed by atoms with Gasteiger partial charge in [0.1, 0.15) is 49.1 Å². The van der Waals surface area contributed by atoms with Crippen LogP contribution in [0, 0.1) is 35.0 Å². The SMILES string of the molecule is CC[C@@H](C)[C@H](N(CC(=O)N1CCC[C@@H]1[C@@H](OC)[C@H](C)C(=O)N[C@@H](C)[C@H](O)c1ccccc1)OC)N(C)C(=O)[C@H](NC(=O)[C@@H](C(C)C)N(C)C(=O)OCc1ccc(NC(=O)[C@@H](CCCCNC(C)=C2C(=O)CC(C)(C)CC2=O)NC(=O)[C@H](NC(=O)OC(C)(C)C)C(C)C)cc1)C(C)C. The lowest BCUT2D eigenvalue weighted by molar-refractivity contribution is -0.214. The van der Waals surface area contributed by atoms with Gasteiger partial charge in [-0.2, -0.15) is 5.06 Å². The zero-order valence-electron chi connectivity index (χ0n) is 61.2. The summed E-state index contributed by atoms with van der Waals surface area (Å²) in [5.74, 6) is -5.45. The molecule has 25 nitrogen and oxygen atoms in total. The van der Waals surface area contributed by atoms with Crippen LogP contribution in [0.25, 0.3) is 0 Å². The van der Waals surface area contributed by atoms with Crippen LogP contribution in [0.2, 0.25) is 0 Å². The monoisotopic (exact) mass is 1360 g/mol. The molecule has 0 radical (unpaired) electrons. The van der Waals surface area contributed by atoms with Crippen molar-refractivity contribution in [1.29, 1.82) is 0 Å². The number of likely N-dealkylation sites (tertiary alicyclic amines) is 1. The first-order valence-corrected chi connectivity index (χ1v) is 34.2. The van der Waals surface area contributed by atoms with E-state index in [1.807, 2.05) is 45.9 Å². The summed E-state index contributed by atoms with van der Waals surface area (Å²) in [5.41, 5.74) is 1.01. The molecular weight excluding hydrogens is 1240 g/mol. The number of nitrogens with one attached hydrogen (secondary N) is 6. The van der Waals surface area contributed by atoms with Gasteiger partial charge < -0.3 is 61.0 Å². The van der Waals surface area contributed by atoms with Crippen molar-refractivity contribution in [2.45, 2.75) is 229 Å². The minimum atomic E-state index is -1.09. The topological polar surface area (TPSA) is 313 Å². The molecule has 0 spiro atoms. The summed E-state index contributed by atoms with van der Waals surface area (Å²) in [6.45, 7) is 28.9. The third kappa shape index (κ3) is 23.9. The second-order valence-electron chi connectivity index (χ2n) is 28.9. The third-order valence-corrected chi connectivity index (χ3v) is 18.1. The van der Waals surface area contributed by atoms with Gasteiger partial charge in [-0.25, -0.2) is 9.59 Å². The van der Waals surface area contributed by atoms with Crippen molar-refractivity contribution < 1.29 is 72.1 Å². The number of unbranched alkanes of at least 4 members (excludes halogenated alkanes) is 1. The molecule has 4 rings (SSSR count). The summed E-state index contributed by atoms with van der Waals surface area (Å²) in [7, 11) is 5.98. The van der Waals surface area contributed by atoms with Crippen LogP contribution in [-0.4, -0.2) is 186 Å². The van der Waals surface area contributed by atoms with Crippen LogP contribution >= 0.6 is 0 Å². The van der Waals surface area contributed by atoms with E-state index in [4.69, 9.17) is 19.0 Å². The average Bonchev–Trinajstić information content (AvgIpc) is 1.81. The summed E-state index contributed by atoms with van der Waals surface area (Å²) >= 11 is 0. The zero-order valence-corrected chi connectivity index (χ0v) is 61.2. The van der Waals surface area contributed by atoms with E-state index in [0.717, 1.165) is 0 Å². The highest BCUT2D eigenvalue weighted by atomic mass is 16.7. The van der Waals surface area contributed by atoms with Crippen molar-refractivity contribution in [2.75, 3.05) is 53.3 Å². The lowest BCUT2D eigenvalue weighted by Gasteiger charge is -2.42. The first-order valence-electron chi connectivity index (χ1n) is 34.2. The number of alkyl carbamates (subject to hydrolysis) is 1. The van der Waals surface area contributed by atoms with Gasteiger partial charge >= 0.3 is 12.2 Å². The van der Waals surface area contributed by atoms with Crippen molar-refractivity contribution in [2.24, 2.45) is 35.0 Å². The minimum absolute atomic E-state index is 0.182. The molecule has 2 aromatic carbocycles. The van der Waals surface area contributed by atoms with E-state index < -0.39 is 119 Å². The van der Waals surface area contributed by atoms with Gasteiger partial charge in [0, 0.05) is 58.5 Å². The van der Waals surface area contributed by atoms with Crippen molar-refractivity contribution in [3.8, 4) is 0 Å². The van der Waals surface area contributed by atoms with Crippen molar-refractivity contribution in [1.82, 2.24) is 46.3 Å². The predicted octanol–water partition coefficient (Wildman–Crippen LogP) is 7.96. The molecule has 1 saturated heterocycles. The van der Waals surface area contributed by atoms with E-state index in [2.05, 4.69) is 31.9 Å². The smallest absolute Gasteiger partial charge is 0.410 e. The normalized spacial score (nSPS) is 18.0. The molecule has 542 valence electrons. The second kappa shape index (κ2) is 37.5. The maximum atomic E-state index is 14.8. The first kappa shape index (κ1) is 81.9. The molecule has 2 aliphatic rings. The van der Waals surface area contributed by atoms with Crippen LogP contribution in [0.1, 0.15) is 179 Å². The molecule has 11 atom stereocenters. The molecule has 1 aliphatic heterocycles. The number of hydrogen-bond donors (Lipinski definition) is 7. The largest absolute Gasteiger partial charge is 0.445 e. The fourth-order valence-electron chi connectivity index (χ4n) is 12.5. The maximum absolute atomic E-state index is 14.8. The van der Waals surface area contributed by atoms with Gasteiger partial charge in [0.25, 0.3) is 0 Å². The number of aliphatic hydroxyl groups is 1. The van der Waals surface area contributed by atoms with Crippen LogP contribution < -0.4 is 31.9 Å². The Bertz CT molecular complexity index is 3000. The molecule has 2 aromatic rings. The molecule has 8 amide bonds. The highest BCUT2D eigenvalue weighted by Crippen LogP contribution is 2.35. The number of likely N-dealkylation sites (N-methyl/N-ethyl adjacent to an activating group) is 2. The van der Waals surface area contributed by atoms with Gasteiger partial charge in [0.2, 0.25) is 35.4 Å². The Labute approximate surface area is 575 Å². The molecule has 25 heteroatoms.